The van der Waals surface area contributed by atoms with Gasteiger partial charge < -0.3 is 9.47 Å². The molecule has 1 heterocycles. The summed E-state index contributed by atoms with van der Waals surface area (Å²) in [6, 6.07) is 6.53. The lowest BCUT2D eigenvalue weighted by Gasteiger charge is -2.14. The first-order valence-electron chi connectivity index (χ1n) is 5.73. The van der Waals surface area contributed by atoms with Crippen molar-refractivity contribution < 1.29 is 22.1 Å². The Morgan fingerprint density at radius 2 is 1.67 bits per heavy atom. The minimum Gasteiger partial charge on any atom is -0.376 e. The summed E-state index contributed by atoms with van der Waals surface area (Å²) in [5.74, 6) is 0. The van der Waals surface area contributed by atoms with E-state index in [1.54, 1.807) is 12.1 Å². The van der Waals surface area contributed by atoms with E-state index in [1.165, 1.54) is 12.1 Å². The van der Waals surface area contributed by atoms with E-state index in [4.69, 9.17) is 13.7 Å². The second-order valence-corrected chi connectivity index (χ2v) is 5.71. The third-order valence-electron chi connectivity index (χ3n) is 2.55. The molecule has 0 amide bonds. The van der Waals surface area contributed by atoms with E-state index in [-0.39, 0.29) is 18.1 Å². The Labute approximate surface area is 107 Å². The standard InChI is InChI=1S/C12H16O5S/c1-10-2-4-12(5-3-10)18(13,14)17-11-8-15-6-7-16-9-11/h2-5,11H,6-9H2,1H3. The van der Waals surface area contributed by atoms with Crippen molar-refractivity contribution in [2.24, 2.45) is 0 Å². The van der Waals surface area contributed by atoms with E-state index in [1.807, 2.05) is 6.92 Å². The number of benzene rings is 1. The molecular weight excluding hydrogens is 256 g/mol. The summed E-state index contributed by atoms with van der Waals surface area (Å²) in [6.45, 7) is 3.27. The molecule has 2 rings (SSSR count). The fraction of sp³-hybridized carbons (Fsp3) is 0.500. The zero-order chi connectivity index (χ0) is 13.0. The molecule has 1 aliphatic heterocycles. The first-order chi connectivity index (χ1) is 8.58. The molecule has 0 aromatic heterocycles. The molecule has 0 bridgehead atoms. The van der Waals surface area contributed by atoms with Crippen molar-refractivity contribution in [3.05, 3.63) is 29.8 Å². The normalized spacial score (nSPS) is 18.5. The number of hydrogen-bond acceptors (Lipinski definition) is 5. The Bertz CT molecular complexity index is 472. The summed E-state index contributed by atoms with van der Waals surface area (Å²) < 4.78 is 39.5. The molecule has 5 nitrogen and oxygen atoms in total. The van der Waals surface area contributed by atoms with Gasteiger partial charge in [-0.3, -0.25) is 4.18 Å². The van der Waals surface area contributed by atoms with Gasteiger partial charge in [0.25, 0.3) is 10.1 Å². The topological polar surface area (TPSA) is 61.8 Å². The van der Waals surface area contributed by atoms with Crippen molar-refractivity contribution in [2.75, 3.05) is 26.4 Å². The molecule has 0 radical (unpaired) electrons. The zero-order valence-corrected chi connectivity index (χ0v) is 11.0. The predicted octanol–water partition coefficient (Wildman–Crippen LogP) is 1.12. The summed E-state index contributed by atoms with van der Waals surface area (Å²) in [7, 11) is -3.75. The molecule has 0 spiro atoms. The second-order valence-electron chi connectivity index (χ2n) is 4.14. The first kappa shape index (κ1) is 13.5. The molecular formula is C12H16O5S. The van der Waals surface area contributed by atoms with Crippen LogP contribution in [0.3, 0.4) is 0 Å². The van der Waals surface area contributed by atoms with Gasteiger partial charge in [0.15, 0.2) is 0 Å². The molecule has 0 N–H and O–H groups in total. The minimum absolute atomic E-state index is 0.150. The highest BCUT2D eigenvalue weighted by atomic mass is 32.2. The summed E-state index contributed by atoms with van der Waals surface area (Å²) in [4.78, 5) is 0.150. The van der Waals surface area contributed by atoms with Gasteiger partial charge in [-0.05, 0) is 19.1 Å². The van der Waals surface area contributed by atoms with Gasteiger partial charge in [0, 0.05) is 0 Å². The minimum atomic E-state index is -3.75. The molecule has 1 aromatic rings. The second kappa shape index (κ2) is 5.79. The Balaban J connectivity index is 2.08. The third-order valence-corrected chi connectivity index (χ3v) is 3.93. The average Bonchev–Trinajstić information content (AvgIpc) is 2.57. The highest BCUT2D eigenvalue weighted by Crippen LogP contribution is 2.16. The fourth-order valence-electron chi connectivity index (χ4n) is 1.59. The molecule has 0 aliphatic carbocycles. The van der Waals surface area contributed by atoms with Crippen molar-refractivity contribution >= 4 is 10.1 Å². The van der Waals surface area contributed by atoms with Gasteiger partial charge in [0.05, 0.1) is 31.3 Å². The van der Waals surface area contributed by atoms with Crippen LogP contribution in [0.5, 0.6) is 0 Å². The summed E-state index contributed by atoms with van der Waals surface area (Å²) in [5, 5.41) is 0. The van der Waals surface area contributed by atoms with Crippen LogP contribution >= 0.6 is 0 Å². The van der Waals surface area contributed by atoms with Gasteiger partial charge in [-0.2, -0.15) is 8.42 Å². The van der Waals surface area contributed by atoms with Gasteiger partial charge in [0.2, 0.25) is 0 Å². The van der Waals surface area contributed by atoms with Crippen molar-refractivity contribution in [3.8, 4) is 0 Å². The number of rotatable bonds is 3. The Hall–Kier alpha value is -0.950. The van der Waals surface area contributed by atoms with Crippen LogP contribution in [-0.4, -0.2) is 40.9 Å². The number of aryl methyl sites for hydroxylation is 1. The lowest BCUT2D eigenvalue weighted by molar-refractivity contribution is 0.0643. The van der Waals surface area contributed by atoms with E-state index in [2.05, 4.69) is 0 Å². The van der Waals surface area contributed by atoms with Gasteiger partial charge >= 0.3 is 0 Å². The quantitative estimate of drug-likeness (QED) is 0.771. The van der Waals surface area contributed by atoms with Crippen LogP contribution in [0.25, 0.3) is 0 Å². The van der Waals surface area contributed by atoms with Gasteiger partial charge in [0.1, 0.15) is 6.10 Å². The van der Waals surface area contributed by atoms with Gasteiger partial charge in [-0.1, -0.05) is 17.7 Å². The van der Waals surface area contributed by atoms with Gasteiger partial charge in [-0.15, -0.1) is 0 Å². The summed E-state index contributed by atoms with van der Waals surface area (Å²) in [6.07, 6.45) is -0.584. The molecule has 6 heteroatoms. The number of ether oxygens (including phenoxy) is 2. The first-order valence-corrected chi connectivity index (χ1v) is 7.14. The molecule has 0 saturated carbocycles. The van der Waals surface area contributed by atoms with Crippen molar-refractivity contribution in [3.63, 3.8) is 0 Å². The van der Waals surface area contributed by atoms with Crippen LogP contribution in [0.2, 0.25) is 0 Å². The van der Waals surface area contributed by atoms with Crippen LogP contribution in [0.4, 0.5) is 0 Å². The predicted molar refractivity (Wildman–Crippen MR) is 64.9 cm³/mol. The fourth-order valence-corrected chi connectivity index (χ4v) is 2.64. The van der Waals surface area contributed by atoms with Crippen LogP contribution < -0.4 is 0 Å². The van der Waals surface area contributed by atoms with E-state index in [0.717, 1.165) is 5.56 Å². The maximum atomic E-state index is 12.0. The highest BCUT2D eigenvalue weighted by molar-refractivity contribution is 7.86. The maximum absolute atomic E-state index is 12.0. The molecule has 1 aliphatic rings. The SMILES string of the molecule is Cc1ccc(S(=O)(=O)OC2COCCOC2)cc1. The van der Waals surface area contributed by atoms with Gasteiger partial charge in [-0.25, -0.2) is 0 Å². The Kier molecular flexibility index (Phi) is 4.34. The van der Waals surface area contributed by atoms with Crippen LogP contribution in [-0.2, 0) is 23.8 Å². The van der Waals surface area contributed by atoms with E-state index < -0.39 is 16.2 Å². The lowest BCUT2D eigenvalue weighted by Crippen LogP contribution is -2.26. The monoisotopic (exact) mass is 272 g/mol. The molecule has 1 aromatic carbocycles. The van der Waals surface area contributed by atoms with Crippen LogP contribution in [0, 0.1) is 6.92 Å². The maximum Gasteiger partial charge on any atom is 0.297 e. The van der Waals surface area contributed by atoms with E-state index >= 15 is 0 Å². The molecule has 100 valence electrons. The van der Waals surface area contributed by atoms with Crippen molar-refractivity contribution in [2.45, 2.75) is 17.9 Å². The molecule has 1 saturated heterocycles. The summed E-state index contributed by atoms with van der Waals surface area (Å²) in [5.41, 5.74) is 0.995. The summed E-state index contributed by atoms with van der Waals surface area (Å²) >= 11 is 0. The average molecular weight is 272 g/mol. The van der Waals surface area contributed by atoms with Crippen molar-refractivity contribution in [1.82, 2.24) is 0 Å². The van der Waals surface area contributed by atoms with Crippen LogP contribution in [0.15, 0.2) is 29.2 Å². The highest BCUT2D eigenvalue weighted by Gasteiger charge is 2.23. The molecule has 1 fully saturated rings. The van der Waals surface area contributed by atoms with E-state index in [9.17, 15) is 8.42 Å². The third kappa shape index (κ3) is 3.52. The largest absolute Gasteiger partial charge is 0.376 e. The molecule has 0 atom stereocenters. The van der Waals surface area contributed by atoms with Crippen molar-refractivity contribution in [1.29, 1.82) is 0 Å². The smallest absolute Gasteiger partial charge is 0.297 e. The zero-order valence-electron chi connectivity index (χ0n) is 10.2. The van der Waals surface area contributed by atoms with Crippen LogP contribution in [0.1, 0.15) is 5.56 Å². The Morgan fingerprint density at radius 1 is 1.11 bits per heavy atom. The lowest BCUT2D eigenvalue weighted by atomic mass is 10.2. The molecule has 18 heavy (non-hydrogen) atoms. The molecule has 0 unspecified atom stereocenters. The Morgan fingerprint density at radius 3 is 2.22 bits per heavy atom. The number of hydrogen-bond donors (Lipinski definition) is 0. The van der Waals surface area contributed by atoms with E-state index in [0.29, 0.717) is 13.2 Å².